The van der Waals surface area contributed by atoms with Crippen LogP contribution in [0.15, 0.2) is 53.1 Å². The molecule has 1 fully saturated rings. The topological polar surface area (TPSA) is 75.4 Å². The summed E-state index contributed by atoms with van der Waals surface area (Å²) in [5.74, 6) is 0.759. The molecule has 3 aromatic rings. The van der Waals surface area contributed by atoms with Gasteiger partial charge in [-0.1, -0.05) is 42.4 Å². The Morgan fingerprint density at radius 2 is 1.90 bits per heavy atom. The zero-order valence-electron chi connectivity index (χ0n) is 16.6. The average Bonchev–Trinajstić information content (AvgIpc) is 3.21. The summed E-state index contributed by atoms with van der Waals surface area (Å²) in [6, 6.07) is 15.2. The van der Waals surface area contributed by atoms with Crippen LogP contribution in [0.25, 0.3) is 22.2 Å². The molecular weight excluding hydrogens is 366 g/mol. The van der Waals surface area contributed by atoms with Gasteiger partial charge in [0.25, 0.3) is 5.91 Å². The third-order valence-electron chi connectivity index (χ3n) is 5.46. The Balaban J connectivity index is 1.49. The van der Waals surface area contributed by atoms with E-state index in [4.69, 9.17) is 4.52 Å². The van der Waals surface area contributed by atoms with Gasteiger partial charge < -0.3 is 14.7 Å². The smallest absolute Gasteiger partial charge is 0.253 e. The van der Waals surface area contributed by atoms with E-state index < -0.39 is 0 Å². The number of carbonyl (C=O) groups is 2. The third-order valence-corrected chi connectivity index (χ3v) is 5.46. The van der Waals surface area contributed by atoms with Crippen molar-refractivity contribution in [1.29, 1.82) is 0 Å². The number of nitrogens with zero attached hydrogens (tertiary/aromatic N) is 2. The summed E-state index contributed by atoms with van der Waals surface area (Å²) < 4.78 is 5.53. The number of fused-ring (bicyclic) bond motifs is 1. The summed E-state index contributed by atoms with van der Waals surface area (Å²) in [5, 5.41) is 7.90. The molecule has 6 nitrogen and oxygen atoms in total. The second-order valence-corrected chi connectivity index (χ2v) is 7.47. The van der Waals surface area contributed by atoms with Crippen molar-refractivity contribution in [2.75, 3.05) is 19.6 Å². The first-order valence-electron chi connectivity index (χ1n) is 10.2. The second-order valence-electron chi connectivity index (χ2n) is 7.47. The van der Waals surface area contributed by atoms with Crippen LogP contribution in [0, 0.1) is 5.92 Å². The molecule has 1 saturated heterocycles. The van der Waals surface area contributed by atoms with Gasteiger partial charge in [-0.05, 0) is 37.5 Å². The van der Waals surface area contributed by atoms with Crippen molar-refractivity contribution >= 4 is 22.7 Å². The fraction of sp³-hybridized carbons (Fsp3) is 0.348. The van der Waals surface area contributed by atoms with Crippen LogP contribution in [0.1, 0.15) is 36.5 Å². The molecule has 2 aromatic carbocycles. The molecule has 2 heterocycles. The van der Waals surface area contributed by atoms with E-state index in [0.29, 0.717) is 43.8 Å². The molecule has 0 saturated carbocycles. The van der Waals surface area contributed by atoms with Crippen LogP contribution in [-0.4, -0.2) is 41.5 Å². The van der Waals surface area contributed by atoms with Crippen molar-refractivity contribution < 1.29 is 14.1 Å². The van der Waals surface area contributed by atoms with Crippen LogP contribution in [0.3, 0.4) is 0 Å². The molecule has 1 aliphatic rings. The van der Waals surface area contributed by atoms with Crippen molar-refractivity contribution in [2.45, 2.75) is 26.2 Å². The molecule has 0 unspecified atom stereocenters. The molecule has 2 amide bonds. The summed E-state index contributed by atoms with van der Waals surface area (Å²) >= 11 is 0. The normalized spacial score (nSPS) is 14.9. The highest BCUT2D eigenvalue weighted by Crippen LogP contribution is 2.30. The van der Waals surface area contributed by atoms with E-state index in [9.17, 15) is 9.59 Å². The minimum atomic E-state index is -0.0143. The van der Waals surface area contributed by atoms with E-state index in [1.807, 2.05) is 54.3 Å². The van der Waals surface area contributed by atoms with Gasteiger partial charge in [-0.25, -0.2) is 0 Å². The number of piperidine rings is 1. The van der Waals surface area contributed by atoms with Crippen LogP contribution in [0.5, 0.6) is 0 Å². The van der Waals surface area contributed by atoms with Crippen molar-refractivity contribution in [3.63, 3.8) is 0 Å². The largest absolute Gasteiger partial charge is 0.356 e. The first-order valence-corrected chi connectivity index (χ1v) is 10.2. The Labute approximate surface area is 169 Å². The summed E-state index contributed by atoms with van der Waals surface area (Å²) in [7, 11) is 0. The van der Waals surface area contributed by atoms with E-state index in [2.05, 4.69) is 10.5 Å². The Bertz CT molecular complexity index is 1000. The zero-order valence-corrected chi connectivity index (χ0v) is 16.6. The predicted molar refractivity (Wildman–Crippen MR) is 111 cm³/mol. The number of aromatic nitrogens is 1. The summed E-state index contributed by atoms with van der Waals surface area (Å²) in [4.78, 5) is 27.0. The van der Waals surface area contributed by atoms with Gasteiger partial charge in [-0.15, -0.1) is 0 Å². The minimum Gasteiger partial charge on any atom is -0.356 e. The van der Waals surface area contributed by atoms with Gasteiger partial charge in [0.2, 0.25) is 5.91 Å². The summed E-state index contributed by atoms with van der Waals surface area (Å²) in [5.41, 5.74) is 2.27. The highest BCUT2D eigenvalue weighted by atomic mass is 16.5. The number of rotatable bonds is 5. The average molecular weight is 391 g/mol. The maximum atomic E-state index is 13.0. The van der Waals surface area contributed by atoms with Gasteiger partial charge >= 0.3 is 0 Å². The standard InChI is InChI=1S/C23H25N3O3/c1-2-12-24-22(27)17-10-13-26(14-11-17)23(28)18-8-9-20-19(15-18)21(29-25-20)16-6-4-3-5-7-16/h3-9,15,17H,2,10-14H2,1H3,(H,24,27). The van der Waals surface area contributed by atoms with Crippen molar-refractivity contribution in [3.05, 3.63) is 54.1 Å². The van der Waals surface area contributed by atoms with Crippen molar-refractivity contribution in [2.24, 2.45) is 5.92 Å². The summed E-state index contributed by atoms with van der Waals surface area (Å²) in [6.45, 7) is 3.93. The number of carbonyl (C=O) groups excluding carboxylic acids is 2. The lowest BCUT2D eigenvalue weighted by molar-refractivity contribution is -0.126. The molecule has 29 heavy (non-hydrogen) atoms. The van der Waals surface area contributed by atoms with E-state index in [1.54, 1.807) is 6.07 Å². The first kappa shape index (κ1) is 19.2. The van der Waals surface area contributed by atoms with Crippen molar-refractivity contribution in [3.8, 4) is 11.3 Å². The second kappa shape index (κ2) is 8.47. The SMILES string of the molecule is CCCNC(=O)C1CCN(C(=O)c2ccc3noc(-c4ccccc4)c3c2)CC1. The van der Waals surface area contributed by atoms with Gasteiger partial charge in [0.1, 0.15) is 5.52 Å². The molecule has 0 spiro atoms. The number of benzene rings is 2. The molecule has 6 heteroatoms. The van der Waals surface area contributed by atoms with E-state index >= 15 is 0 Å². The fourth-order valence-electron chi connectivity index (χ4n) is 3.79. The lowest BCUT2D eigenvalue weighted by atomic mass is 9.95. The van der Waals surface area contributed by atoms with Crippen LogP contribution < -0.4 is 5.32 Å². The zero-order chi connectivity index (χ0) is 20.2. The molecule has 150 valence electrons. The molecule has 0 bridgehead atoms. The first-order chi connectivity index (χ1) is 14.2. The third kappa shape index (κ3) is 4.01. The Morgan fingerprint density at radius 1 is 1.14 bits per heavy atom. The maximum absolute atomic E-state index is 13.0. The number of likely N-dealkylation sites (tertiary alicyclic amines) is 1. The van der Waals surface area contributed by atoms with Crippen LogP contribution >= 0.6 is 0 Å². The van der Waals surface area contributed by atoms with E-state index in [-0.39, 0.29) is 17.7 Å². The lowest BCUT2D eigenvalue weighted by Crippen LogP contribution is -2.43. The molecule has 0 radical (unpaired) electrons. The number of hydrogen-bond acceptors (Lipinski definition) is 4. The lowest BCUT2D eigenvalue weighted by Gasteiger charge is -2.31. The maximum Gasteiger partial charge on any atom is 0.253 e. The molecule has 0 atom stereocenters. The van der Waals surface area contributed by atoms with E-state index in [1.165, 1.54) is 0 Å². The fourth-order valence-corrected chi connectivity index (χ4v) is 3.79. The van der Waals surface area contributed by atoms with Crippen LogP contribution in [0.2, 0.25) is 0 Å². The van der Waals surface area contributed by atoms with E-state index in [0.717, 1.165) is 22.9 Å². The molecule has 1 N–H and O–H groups in total. The van der Waals surface area contributed by atoms with Crippen LogP contribution in [-0.2, 0) is 4.79 Å². The van der Waals surface area contributed by atoms with Gasteiger partial charge in [0.05, 0.1) is 5.39 Å². The van der Waals surface area contributed by atoms with Gasteiger partial charge in [0.15, 0.2) is 5.76 Å². The van der Waals surface area contributed by atoms with Crippen molar-refractivity contribution in [1.82, 2.24) is 15.4 Å². The quantitative estimate of drug-likeness (QED) is 0.716. The molecule has 4 rings (SSSR count). The Kier molecular flexibility index (Phi) is 5.60. The summed E-state index contributed by atoms with van der Waals surface area (Å²) in [6.07, 6.45) is 2.33. The van der Waals surface area contributed by atoms with Gasteiger partial charge in [-0.3, -0.25) is 9.59 Å². The Morgan fingerprint density at radius 3 is 2.62 bits per heavy atom. The van der Waals surface area contributed by atoms with Gasteiger partial charge in [0, 0.05) is 36.7 Å². The molecule has 1 aromatic heterocycles. The highest BCUT2D eigenvalue weighted by Gasteiger charge is 2.28. The number of hydrogen-bond donors (Lipinski definition) is 1. The molecular formula is C23H25N3O3. The molecule has 0 aliphatic carbocycles. The predicted octanol–water partition coefficient (Wildman–Crippen LogP) is 3.87. The number of nitrogens with one attached hydrogen (secondary N) is 1. The van der Waals surface area contributed by atoms with Gasteiger partial charge in [-0.2, -0.15) is 0 Å². The van der Waals surface area contributed by atoms with Crippen LogP contribution in [0.4, 0.5) is 0 Å². The molecule has 1 aliphatic heterocycles. The highest BCUT2D eigenvalue weighted by molar-refractivity contribution is 6.01. The monoisotopic (exact) mass is 391 g/mol. The minimum absolute atomic E-state index is 0.00385. The number of amides is 2. The Hall–Kier alpha value is -3.15.